The third kappa shape index (κ3) is 3.23. The maximum atomic E-state index is 12.2. The van der Waals surface area contributed by atoms with Gasteiger partial charge in [0.25, 0.3) is 0 Å². The molecule has 0 aliphatic carbocycles. The number of hydrogen-bond donors (Lipinski definition) is 1. The number of hydrogen-bond acceptors (Lipinski definition) is 3. The highest BCUT2D eigenvalue weighted by Gasteiger charge is 2.34. The lowest BCUT2D eigenvalue weighted by molar-refractivity contribution is -0.130. The van der Waals surface area contributed by atoms with E-state index >= 15 is 0 Å². The van der Waals surface area contributed by atoms with Gasteiger partial charge in [-0.2, -0.15) is 0 Å². The molecule has 1 N–H and O–H groups in total. The van der Waals surface area contributed by atoms with Crippen molar-refractivity contribution in [1.29, 1.82) is 0 Å². The first-order chi connectivity index (χ1) is 8.72. The highest BCUT2D eigenvalue weighted by atomic mass is 16.5. The zero-order chi connectivity index (χ0) is 13.0. The molecular formula is C14H26N2O2. The molecule has 0 spiro atoms. The molecule has 4 heteroatoms. The number of nitrogens with zero attached hydrogens (tertiary/aromatic N) is 1. The van der Waals surface area contributed by atoms with Crippen molar-refractivity contribution in [2.75, 3.05) is 19.8 Å². The van der Waals surface area contributed by atoms with Crippen LogP contribution in [0.4, 0.5) is 0 Å². The minimum Gasteiger partial charge on any atom is -0.378 e. The van der Waals surface area contributed by atoms with E-state index in [0.717, 1.165) is 32.4 Å². The van der Waals surface area contributed by atoms with Crippen LogP contribution < -0.4 is 5.32 Å². The molecule has 0 aromatic rings. The highest BCUT2D eigenvalue weighted by molar-refractivity contribution is 5.84. The Morgan fingerprint density at radius 2 is 2.33 bits per heavy atom. The van der Waals surface area contributed by atoms with Crippen LogP contribution in [0, 0.1) is 5.92 Å². The van der Waals surface area contributed by atoms with Crippen molar-refractivity contribution in [2.45, 2.75) is 58.1 Å². The molecule has 0 saturated carbocycles. The first-order valence-corrected chi connectivity index (χ1v) is 7.36. The Morgan fingerprint density at radius 3 is 3.00 bits per heavy atom. The predicted octanol–water partition coefficient (Wildman–Crippen LogP) is 1.75. The lowest BCUT2D eigenvalue weighted by Crippen LogP contribution is -2.36. The zero-order valence-electron chi connectivity index (χ0n) is 11.7. The molecular weight excluding hydrogens is 228 g/mol. The molecule has 0 bridgehead atoms. The molecule has 2 saturated heterocycles. The first-order valence-electron chi connectivity index (χ1n) is 7.36. The molecule has 2 aliphatic rings. The number of nitrogens with one attached hydrogen (secondary N) is 1. The molecule has 104 valence electrons. The molecule has 2 rings (SSSR count). The second kappa shape index (κ2) is 6.53. The number of rotatable bonds is 5. The van der Waals surface area contributed by atoms with Crippen LogP contribution in [0.5, 0.6) is 0 Å². The van der Waals surface area contributed by atoms with Crippen molar-refractivity contribution < 1.29 is 9.53 Å². The Balaban J connectivity index is 1.75. The average molecular weight is 254 g/mol. The first kappa shape index (κ1) is 13.8. The van der Waals surface area contributed by atoms with Crippen molar-refractivity contribution in [3.63, 3.8) is 0 Å². The number of amides is 1. The van der Waals surface area contributed by atoms with Crippen LogP contribution in [-0.2, 0) is 9.53 Å². The number of carbonyl (C=O) groups is 1. The molecule has 0 aromatic heterocycles. The van der Waals surface area contributed by atoms with E-state index in [0.29, 0.717) is 18.7 Å². The SMILES string of the molecule is CCC(C)C1NCN(CCC2CCCCO2)C1=O. The summed E-state index contributed by atoms with van der Waals surface area (Å²) in [5.41, 5.74) is 0. The topological polar surface area (TPSA) is 41.6 Å². The van der Waals surface area contributed by atoms with E-state index in [2.05, 4.69) is 19.2 Å². The van der Waals surface area contributed by atoms with Gasteiger partial charge in [0.2, 0.25) is 5.91 Å². The molecule has 0 radical (unpaired) electrons. The van der Waals surface area contributed by atoms with Crippen LogP contribution in [-0.4, -0.2) is 42.8 Å². The molecule has 1 amide bonds. The molecule has 3 unspecified atom stereocenters. The van der Waals surface area contributed by atoms with Gasteiger partial charge in [0.15, 0.2) is 0 Å². The summed E-state index contributed by atoms with van der Waals surface area (Å²) in [5.74, 6) is 0.702. The van der Waals surface area contributed by atoms with Gasteiger partial charge in [-0.25, -0.2) is 0 Å². The van der Waals surface area contributed by atoms with Crippen molar-refractivity contribution >= 4 is 5.91 Å². The van der Waals surface area contributed by atoms with Crippen LogP contribution in [0.3, 0.4) is 0 Å². The van der Waals surface area contributed by atoms with Crippen LogP contribution in [0.25, 0.3) is 0 Å². The second-order valence-corrected chi connectivity index (χ2v) is 5.60. The Morgan fingerprint density at radius 1 is 1.50 bits per heavy atom. The van der Waals surface area contributed by atoms with Gasteiger partial charge in [-0.05, 0) is 31.6 Å². The van der Waals surface area contributed by atoms with E-state index in [-0.39, 0.29) is 11.9 Å². The summed E-state index contributed by atoms with van der Waals surface area (Å²) in [7, 11) is 0. The van der Waals surface area contributed by atoms with Crippen molar-refractivity contribution in [2.24, 2.45) is 5.92 Å². The summed E-state index contributed by atoms with van der Waals surface area (Å²) in [4.78, 5) is 14.2. The Bertz CT molecular complexity index is 277. The monoisotopic (exact) mass is 254 g/mol. The maximum absolute atomic E-state index is 12.2. The lowest BCUT2D eigenvalue weighted by atomic mass is 9.99. The zero-order valence-corrected chi connectivity index (χ0v) is 11.7. The van der Waals surface area contributed by atoms with Crippen LogP contribution in [0.1, 0.15) is 46.0 Å². The standard InChI is InChI=1S/C14H26N2O2/c1-3-11(2)13-14(17)16(10-15-13)8-7-12-6-4-5-9-18-12/h11-13,15H,3-10H2,1-2H3. The van der Waals surface area contributed by atoms with Gasteiger partial charge in [0.1, 0.15) is 0 Å². The minimum absolute atomic E-state index is 0.0299. The average Bonchev–Trinajstić information content (AvgIpc) is 2.78. The fourth-order valence-corrected chi connectivity index (χ4v) is 2.77. The summed E-state index contributed by atoms with van der Waals surface area (Å²) >= 11 is 0. The fraction of sp³-hybridized carbons (Fsp3) is 0.929. The van der Waals surface area contributed by atoms with Crippen molar-refractivity contribution in [3.05, 3.63) is 0 Å². The number of ether oxygens (including phenoxy) is 1. The summed E-state index contributed by atoms with van der Waals surface area (Å²) in [6, 6.07) is 0.0299. The van der Waals surface area contributed by atoms with Gasteiger partial charge in [0, 0.05) is 13.2 Å². The minimum atomic E-state index is 0.0299. The highest BCUT2D eigenvalue weighted by Crippen LogP contribution is 2.19. The van der Waals surface area contributed by atoms with Gasteiger partial charge >= 0.3 is 0 Å². The maximum Gasteiger partial charge on any atom is 0.241 e. The van der Waals surface area contributed by atoms with E-state index in [9.17, 15) is 4.79 Å². The second-order valence-electron chi connectivity index (χ2n) is 5.60. The Labute approximate surface area is 110 Å². The Kier molecular flexibility index (Phi) is 5.01. The molecule has 3 atom stereocenters. The van der Waals surface area contributed by atoms with E-state index in [1.54, 1.807) is 0 Å². The van der Waals surface area contributed by atoms with E-state index < -0.39 is 0 Å². The predicted molar refractivity (Wildman–Crippen MR) is 71.2 cm³/mol. The van der Waals surface area contributed by atoms with E-state index in [4.69, 9.17) is 4.74 Å². The Hall–Kier alpha value is -0.610. The van der Waals surface area contributed by atoms with Crippen LogP contribution in [0.2, 0.25) is 0 Å². The van der Waals surface area contributed by atoms with Crippen molar-refractivity contribution in [1.82, 2.24) is 10.2 Å². The third-order valence-corrected chi connectivity index (χ3v) is 4.29. The fourth-order valence-electron chi connectivity index (χ4n) is 2.77. The molecule has 4 nitrogen and oxygen atoms in total. The van der Waals surface area contributed by atoms with Gasteiger partial charge in [0.05, 0.1) is 18.8 Å². The molecule has 2 fully saturated rings. The quantitative estimate of drug-likeness (QED) is 0.812. The van der Waals surface area contributed by atoms with E-state index in [1.165, 1.54) is 12.8 Å². The van der Waals surface area contributed by atoms with Crippen LogP contribution in [0.15, 0.2) is 0 Å². The lowest BCUT2D eigenvalue weighted by Gasteiger charge is -2.25. The molecule has 0 aromatic carbocycles. The van der Waals surface area contributed by atoms with E-state index in [1.807, 2.05) is 4.90 Å². The summed E-state index contributed by atoms with van der Waals surface area (Å²) < 4.78 is 5.71. The van der Waals surface area contributed by atoms with Crippen molar-refractivity contribution in [3.8, 4) is 0 Å². The summed E-state index contributed by atoms with van der Waals surface area (Å²) in [6.07, 6.45) is 6.02. The van der Waals surface area contributed by atoms with Gasteiger partial charge < -0.3 is 9.64 Å². The molecule has 2 heterocycles. The largest absolute Gasteiger partial charge is 0.378 e. The summed E-state index contributed by atoms with van der Waals surface area (Å²) in [6.45, 7) is 6.72. The van der Waals surface area contributed by atoms with Gasteiger partial charge in [-0.1, -0.05) is 20.3 Å². The third-order valence-electron chi connectivity index (χ3n) is 4.29. The van der Waals surface area contributed by atoms with Gasteiger partial charge in [-0.15, -0.1) is 0 Å². The van der Waals surface area contributed by atoms with Crippen LogP contribution >= 0.6 is 0 Å². The smallest absolute Gasteiger partial charge is 0.241 e. The van der Waals surface area contributed by atoms with Gasteiger partial charge in [-0.3, -0.25) is 10.1 Å². The summed E-state index contributed by atoms with van der Waals surface area (Å²) in [5, 5.41) is 3.33. The normalized spacial score (nSPS) is 30.8. The molecule has 2 aliphatic heterocycles. The molecule has 18 heavy (non-hydrogen) atoms. The number of carbonyl (C=O) groups excluding carboxylic acids is 1.